The van der Waals surface area contributed by atoms with E-state index in [0.717, 1.165) is 33.4 Å². The molecule has 0 atom stereocenters. The summed E-state index contributed by atoms with van der Waals surface area (Å²) in [6.07, 6.45) is 14.3. The zero-order chi connectivity index (χ0) is 58.8. The summed E-state index contributed by atoms with van der Waals surface area (Å²) in [4.78, 5) is 0. The van der Waals surface area contributed by atoms with Crippen LogP contribution >= 0.6 is 15.6 Å². The molecule has 432 valence electrons. The molecule has 7 aromatic rings. The molecule has 34 heteroatoms. The molecule has 3 aromatic heterocycles. The second kappa shape index (κ2) is 22.3. The number of benzene rings is 4. The fraction of sp³-hybridized carbons (Fsp3) is 0.227. The van der Waals surface area contributed by atoms with Gasteiger partial charge >= 0.3 is 66.0 Å². The van der Waals surface area contributed by atoms with Crippen molar-refractivity contribution in [3.8, 4) is 6.07 Å². The molecule has 0 spiro atoms. The van der Waals surface area contributed by atoms with E-state index in [4.69, 9.17) is 5.26 Å². The van der Waals surface area contributed by atoms with Gasteiger partial charge in [0.25, 0.3) is 0 Å². The molecule has 78 heavy (non-hydrogen) atoms. The number of aromatic nitrogens is 6. The summed E-state index contributed by atoms with van der Waals surface area (Å²) in [5, 5.41) is 7.32. The first-order valence-electron chi connectivity index (χ1n) is 20.9. The number of nitrogens with zero attached hydrogens (tertiary/aromatic N) is 7. The summed E-state index contributed by atoms with van der Waals surface area (Å²) < 4.78 is 296. The molecular formula is C44H36ClF24N7P2. The molecule has 3 heterocycles. The minimum atomic E-state index is -10.7. The summed E-state index contributed by atoms with van der Waals surface area (Å²) in [6, 6.07) is 3.50. The average molecular weight is 1220 g/mol. The maximum absolute atomic E-state index is 14.5. The van der Waals surface area contributed by atoms with E-state index in [9.17, 15) is 103 Å². The van der Waals surface area contributed by atoms with Gasteiger partial charge in [0.15, 0.2) is 69.8 Å². The minimum Gasteiger partial charge on any atom is -1.00 e. The Morgan fingerprint density at radius 1 is 0.397 bits per heavy atom. The number of hydrogen-bond acceptors (Lipinski definition) is 1. The van der Waals surface area contributed by atoms with E-state index in [2.05, 4.69) is 0 Å². The van der Waals surface area contributed by atoms with Gasteiger partial charge in [0.05, 0.1) is 6.07 Å². The van der Waals surface area contributed by atoms with E-state index in [1.807, 2.05) is 20.8 Å². The van der Waals surface area contributed by atoms with Gasteiger partial charge in [-0.15, -0.1) is 0 Å². The maximum atomic E-state index is 14.5. The molecule has 0 unspecified atom stereocenters. The van der Waals surface area contributed by atoms with E-state index in [0.29, 0.717) is 18.2 Å². The fourth-order valence-corrected chi connectivity index (χ4v) is 7.33. The molecule has 0 aliphatic heterocycles. The normalized spacial score (nSPS) is 13.2. The molecule has 0 amide bonds. The van der Waals surface area contributed by atoms with Gasteiger partial charge in [0.1, 0.15) is 76.4 Å². The van der Waals surface area contributed by atoms with E-state index in [1.165, 1.54) is 20.6 Å². The zero-order valence-corrected chi connectivity index (χ0v) is 42.2. The summed E-state index contributed by atoms with van der Waals surface area (Å²) in [6.45, 7) is 6.84. The second-order valence-corrected chi connectivity index (χ2v) is 20.4. The molecule has 0 saturated heterocycles. The molecule has 0 aliphatic rings. The molecule has 0 fully saturated rings. The van der Waals surface area contributed by atoms with Crippen molar-refractivity contribution in [2.45, 2.75) is 67.0 Å². The molecular weight excluding hydrogens is 1180 g/mol. The van der Waals surface area contributed by atoms with Crippen LogP contribution in [0.4, 0.5) is 103 Å². The van der Waals surface area contributed by atoms with Crippen LogP contribution in [0.5, 0.6) is 0 Å². The maximum Gasteiger partial charge on any atom is -1.00 e. The molecule has 0 saturated carbocycles. The van der Waals surface area contributed by atoms with Crippen molar-refractivity contribution in [3.05, 3.63) is 194 Å². The Balaban J connectivity index is 0.000000772. The Morgan fingerprint density at radius 3 is 0.782 bits per heavy atom. The van der Waals surface area contributed by atoms with E-state index in [-0.39, 0.29) is 51.7 Å². The molecule has 0 bridgehead atoms. The van der Waals surface area contributed by atoms with Gasteiger partial charge in [-0.3, -0.25) is 0 Å². The van der Waals surface area contributed by atoms with Gasteiger partial charge in [0, 0.05) is 40.3 Å². The first kappa shape index (κ1) is 65.8. The van der Waals surface area contributed by atoms with Gasteiger partial charge in [-0.2, -0.15) is 5.26 Å². The number of rotatable bonds is 12. The predicted octanol–water partition coefficient (Wildman–Crippen LogP) is 12.1. The van der Waals surface area contributed by atoms with Crippen molar-refractivity contribution < 1.29 is 129 Å². The number of imidazole rings is 3. The van der Waals surface area contributed by atoms with Crippen LogP contribution in [0.15, 0.2) is 74.4 Å². The summed E-state index contributed by atoms with van der Waals surface area (Å²) in [7, 11) is -21.3. The van der Waals surface area contributed by atoms with Crippen molar-refractivity contribution in [1.29, 1.82) is 5.26 Å². The molecule has 0 N–H and O–H groups in total. The summed E-state index contributed by atoms with van der Waals surface area (Å²) >= 11 is 0. The molecule has 0 radical (unpaired) electrons. The van der Waals surface area contributed by atoms with Crippen LogP contribution in [0, 0.1) is 102 Å². The van der Waals surface area contributed by atoms with Crippen LogP contribution in [0.2, 0.25) is 0 Å². The molecule has 7 nitrogen and oxygen atoms in total. The standard InChI is InChI=1S/C42H33F12N6.C2H3N.ClH.2F6P/c1-22-28(16-58-7-4-55(19-58)13-25-10-31(43)37(49)40(52)34(25)46)23(2)30(18-60-9-6-57(21-60)15-27-12-33(45)39(51)42(54)36(27)48)24(3)29(22)17-59-8-5-56(20-59)14-26-11-32(44)38(50)41(53)35(26)47;1-2-3;;2*1-7(2,3,4,5)6/h4-12,19-21H,13-18H2,1-3H3;1H3;1H;;/q+3;;;2*-1/p-1. The Bertz CT molecular complexity index is 3040. The third kappa shape index (κ3) is 19.7. The van der Waals surface area contributed by atoms with Crippen molar-refractivity contribution in [2.75, 3.05) is 0 Å². The Hall–Kier alpha value is -6.53. The van der Waals surface area contributed by atoms with Crippen molar-refractivity contribution in [3.63, 3.8) is 0 Å². The van der Waals surface area contributed by atoms with Crippen molar-refractivity contribution in [1.82, 2.24) is 13.7 Å². The topological polar surface area (TPSA) is 50.2 Å². The van der Waals surface area contributed by atoms with Crippen LogP contribution < -0.4 is 26.1 Å². The number of halogens is 25. The van der Waals surface area contributed by atoms with E-state index >= 15 is 0 Å². The number of hydrogen-bond donors (Lipinski definition) is 0. The third-order valence-corrected chi connectivity index (χ3v) is 10.6. The SMILES string of the molecule is CC#N.Cc1c(Cn2cc[n+](Cc3cc(F)c(F)c(F)c3F)c2)c(C)c(Cn2cc[n+](Cc3cc(F)c(F)c(F)c3F)c2)c(C)c1Cn1cc[n+](Cc2cc(F)c(F)c(F)c2F)c1.F[P-](F)(F)(F)(F)F.F[P-](F)(F)(F)(F)F.[Cl-]. The van der Waals surface area contributed by atoms with Gasteiger partial charge in [0.2, 0.25) is 19.0 Å². The third-order valence-electron chi connectivity index (χ3n) is 10.6. The van der Waals surface area contributed by atoms with E-state index in [1.54, 1.807) is 75.9 Å². The first-order chi connectivity index (χ1) is 34.7. The minimum absolute atomic E-state index is 0. The van der Waals surface area contributed by atoms with Gasteiger partial charge in [-0.25, -0.2) is 80.1 Å². The molecule has 4 aromatic carbocycles. The largest absolute Gasteiger partial charge is 1.00 e. The van der Waals surface area contributed by atoms with Gasteiger partial charge in [-0.1, -0.05) is 0 Å². The Kier molecular flexibility index (Phi) is 18.8. The van der Waals surface area contributed by atoms with Gasteiger partial charge < -0.3 is 12.4 Å². The summed E-state index contributed by atoms with van der Waals surface area (Å²) in [5.74, 6) is -20.7. The van der Waals surface area contributed by atoms with Crippen molar-refractivity contribution in [2.24, 2.45) is 0 Å². The monoisotopic (exact) mass is 1220 g/mol. The molecule has 0 aliphatic carbocycles. The van der Waals surface area contributed by atoms with Crippen LogP contribution in [0.25, 0.3) is 0 Å². The van der Waals surface area contributed by atoms with Crippen LogP contribution in [-0.4, -0.2) is 13.7 Å². The average Bonchev–Trinajstić information content (AvgIpc) is 4.06. The van der Waals surface area contributed by atoms with Crippen LogP contribution in [-0.2, 0) is 39.3 Å². The van der Waals surface area contributed by atoms with Gasteiger partial charge in [-0.05, 0) is 55.7 Å². The van der Waals surface area contributed by atoms with Crippen LogP contribution in [0.1, 0.15) is 57.0 Å². The Labute approximate surface area is 430 Å². The Morgan fingerprint density at radius 2 is 0.590 bits per heavy atom. The van der Waals surface area contributed by atoms with Crippen LogP contribution in [0.3, 0.4) is 0 Å². The second-order valence-electron chi connectivity index (χ2n) is 16.6. The molecule has 7 rings (SSSR count). The quantitative estimate of drug-likeness (QED) is 0.0395. The summed E-state index contributed by atoms with van der Waals surface area (Å²) in [5.41, 5.74) is 3.78. The first-order valence-corrected chi connectivity index (χ1v) is 24.9. The van der Waals surface area contributed by atoms with E-state index < -0.39 is 102 Å². The zero-order valence-electron chi connectivity index (χ0n) is 39.6. The predicted molar refractivity (Wildman–Crippen MR) is 226 cm³/mol. The number of nitriles is 1. The fourth-order valence-electron chi connectivity index (χ4n) is 7.33. The van der Waals surface area contributed by atoms with Crippen molar-refractivity contribution >= 4 is 15.6 Å². The smallest absolute Gasteiger partial charge is 1.00 e.